The molecule has 0 bridgehead atoms. The zero-order valence-corrected chi connectivity index (χ0v) is 10.5. The molecule has 0 fully saturated rings. The lowest BCUT2D eigenvalue weighted by Gasteiger charge is -1.96. The summed E-state index contributed by atoms with van der Waals surface area (Å²) in [7, 11) is 1.64. The Bertz CT molecular complexity index is 468. The summed E-state index contributed by atoms with van der Waals surface area (Å²) >= 11 is 1.55. The second-order valence-electron chi connectivity index (χ2n) is 3.73. The quantitative estimate of drug-likeness (QED) is 0.884. The summed E-state index contributed by atoms with van der Waals surface area (Å²) in [4.78, 5) is 5.40. The number of thiazole rings is 1. The van der Waals surface area contributed by atoms with Gasteiger partial charge in [-0.25, -0.2) is 4.98 Å². The molecule has 0 aliphatic heterocycles. The molecule has 0 aliphatic carbocycles. The highest BCUT2D eigenvalue weighted by atomic mass is 32.1. The SMILES string of the molecule is COCc1nc(Cc2ccccc2)sc1CO. The van der Waals surface area contributed by atoms with Crippen LogP contribution in [0, 0.1) is 0 Å². The number of rotatable bonds is 5. The van der Waals surface area contributed by atoms with Crippen LogP contribution >= 0.6 is 11.3 Å². The molecule has 0 saturated heterocycles. The lowest BCUT2D eigenvalue weighted by atomic mass is 10.2. The number of aromatic nitrogens is 1. The summed E-state index contributed by atoms with van der Waals surface area (Å²) in [6.07, 6.45) is 0.808. The van der Waals surface area contributed by atoms with Crippen LogP contribution in [0.4, 0.5) is 0 Å². The second kappa shape index (κ2) is 5.91. The maximum absolute atomic E-state index is 9.24. The first-order valence-electron chi connectivity index (χ1n) is 5.44. The number of hydrogen-bond donors (Lipinski definition) is 1. The summed E-state index contributed by atoms with van der Waals surface area (Å²) in [5.41, 5.74) is 2.08. The van der Waals surface area contributed by atoms with Crippen molar-refractivity contribution in [2.24, 2.45) is 0 Å². The van der Waals surface area contributed by atoms with Crippen molar-refractivity contribution in [2.45, 2.75) is 19.6 Å². The number of benzene rings is 1. The van der Waals surface area contributed by atoms with E-state index in [1.165, 1.54) is 5.56 Å². The summed E-state index contributed by atoms with van der Waals surface area (Å²) in [5, 5.41) is 10.3. The third kappa shape index (κ3) is 3.12. The number of methoxy groups -OCH3 is 1. The minimum atomic E-state index is 0.0329. The van der Waals surface area contributed by atoms with Gasteiger partial charge in [-0.15, -0.1) is 11.3 Å². The Balaban J connectivity index is 2.16. The van der Waals surface area contributed by atoms with Gasteiger partial charge >= 0.3 is 0 Å². The molecule has 1 N–H and O–H groups in total. The standard InChI is InChI=1S/C13H15NO2S/c1-16-9-11-12(8-15)17-13(14-11)7-10-5-3-2-4-6-10/h2-6,15H,7-9H2,1H3. The third-order valence-electron chi connectivity index (χ3n) is 2.45. The first-order chi connectivity index (χ1) is 8.33. The van der Waals surface area contributed by atoms with E-state index >= 15 is 0 Å². The van der Waals surface area contributed by atoms with E-state index in [0.29, 0.717) is 6.61 Å². The molecule has 0 atom stereocenters. The van der Waals surface area contributed by atoms with Crippen LogP contribution in [0.5, 0.6) is 0 Å². The zero-order chi connectivity index (χ0) is 12.1. The molecule has 90 valence electrons. The molecule has 0 aliphatic rings. The topological polar surface area (TPSA) is 42.4 Å². The number of hydrogen-bond acceptors (Lipinski definition) is 4. The van der Waals surface area contributed by atoms with Crippen LogP contribution in [-0.2, 0) is 24.4 Å². The van der Waals surface area contributed by atoms with Gasteiger partial charge in [0.05, 0.1) is 28.8 Å². The van der Waals surface area contributed by atoms with Crippen LogP contribution in [0.1, 0.15) is 21.1 Å². The van der Waals surface area contributed by atoms with E-state index in [2.05, 4.69) is 17.1 Å². The molecule has 0 amide bonds. The van der Waals surface area contributed by atoms with Gasteiger partial charge in [-0.2, -0.15) is 0 Å². The lowest BCUT2D eigenvalue weighted by molar-refractivity contribution is 0.178. The molecular weight excluding hydrogens is 234 g/mol. The molecule has 0 radical (unpaired) electrons. The highest BCUT2D eigenvalue weighted by Gasteiger charge is 2.10. The summed E-state index contributed by atoms with van der Waals surface area (Å²) in [6.45, 7) is 0.492. The molecule has 0 saturated carbocycles. The Kier molecular flexibility index (Phi) is 4.25. The van der Waals surface area contributed by atoms with Gasteiger partial charge in [0.25, 0.3) is 0 Å². The van der Waals surface area contributed by atoms with Crippen molar-refractivity contribution in [1.82, 2.24) is 4.98 Å². The molecule has 1 aromatic heterocycles. The molecule has 17 heavy (non-hydrogen) atoms. The fraction of sp³-hybridized carbons (Fsp3) is 0.308. The van der Waals surface area contributed by atoms with Crippen LogP contribution in [0.3, 0.4) is 0 Å². The van der Waals surface area contributed by atoms with Crippen LogP contribution in [0.2, 0.25) is 0 Å². The molecular formula is C13H15NO2S. The van der Waals surface area contributed by atoms with E-state index in [9.17, 15) is 5.11 Å². The van der Waals surface area contributed by atoms with Crippen molar-refractivity contribution in [3.63, 3.8) is 0 Å². The van der Waals surface area contributed by atoms with Crippen molar-refractivity contribution >= 4 is 11.3 Å². The van der Waals surface area contributed by atoms with Crippen LogP contribution in [0.15, 0.2) is 30.3 Å². The van der Waals surface area contributed by atoms with Crippen molar-refractivity contribution < 1.29 is 9.84 Å². The molecule has 4 heteroatoms. The van der Waals surface area contributed by atoms with Crippen LogP contribution < -0.4 is 0 Å². The number of ether oxygens (including phenoxy) is 1. The number of aliphatic hydroxyl groups excluding tert-OH is 1. The molecule has 0 unspecified atom stereocenters. The Morgan fingerprint density at radius 1 is 1.29 bits per heavy atom. The maximum atomic E-state index is 9.24. The minimum Gasteiger partial charge on any atom is -0.391 e. The fourth-order valence-electron chi connectivity index (χ4n) is 1.66. The average Bonchev–Trinajstić information content (AvgIpc) is 2.73. The zero-order valence-electron chi connectivity index (χ0n) is 9.72. The number of nitrogens with zero attached hydrogens (tertiary/aromatic N) is 1. The van der Waals surface area contributed by atoms with Gasteiger partial charge < -0.3 is 9.84 Å². The van der Waals surface area contributed by atoms with E-state index < -0.39 is 0 Å². The highest BCUT2D eigenvalue weighted by Crippen LogP contribution is 2.21. The first kappa shape index (κ1) is 12.2. The van der Waals surface area contributed by atoms with Crippen molar-refractivity contribution in [3.8, 4) is 0 Å². The van der Waals surface area contributed by atoms with Crippen molar-refractivity contribution in [3.05, 3.63) is 51.5 Å². The lowest BCUT2D eigenvalue weighted by Crippen LogP contribution is -1.93. The van der Waals surface area contributed by atoms with Gasteiger partial charge in [-0.3, -0.25) is 0 Å². The van der Waals surface area contributed by atoms with Crippen LogP contribution in [-0.4, -0.2) is 17.2 Å². The Morgan fingerprint density at radius 3 is 2.71 bits per heavy atom. The largest absolute Gasteiger partial charge is 0.391 e. The van der Waals surface area contributed by atoms with E-state index in [1.807, 2.05) is 18.2 Å². The molecule has 2 aromatic rings. The van der Waals surface area contributed by atoms with Crippen molar-refractivity contribution in [1.29, 1.82) is 0 Å². The predicted octanol–water partition coefficient (Wildman–Crippen LogP) is 2.37. The Morgan fingerprint density at radius 2 is 2.06 bits per heavy atom. The minimum absolute atomic E-state index is 0.0329. The Labute approximate surface area is 105 Å². The number of aliphatic hydroxyl groups is 1. The van der Waals surface area contributed by atoms with Gasteiger partial charge in [-0.05, 0) is 5.56 Å². The third-order valence-corrected chi connectivity index (χ3v) is 3.53. The second-order valence-corrected chi connectivity index (χ2v) is 4.90. The van der Waals surface area contributed by atoms with E-state index in [4.69, 9.17) is 4.74 Å². The fourth-order valence-corrected chi connectivity index (χ4v) is 2.62. The van der Waals surface area contributed by atoms with Gasteiger partial charge in [0.1, 0.15) is 0 Å². The van der Waals surface area contributed by atoms with Crippen LogP contribution in [0.25, 0.3) is 0 Å². The van der Waals surface area contributed by atoms with Gasteiger partial charge in [0.15, 0.2) is 0 Å². The van der Waals surface area contributed by atoms with E-state index in [0.717, 1.165) is 22.0 Å². The highest BCUT2D eigenvalue weighted by molar-refractivity contribution is 7.11. The summed E-state index contributed by atoms with van der Waals surface area (Å²) in [5.74, 6) is 0. The van der Waals surface area contributed by atoms with Gasteiger partial charge in [-0.1, -0.05) is 30.3 Å². The van der Waals surface area contributed by atoms with Crippen molar-refractivity contribution in [2.75, 3.05) is 7.11 Å². The molecule has 1 heterocycles. The Hall–Kier alpha value is -1.23. The van der Waals surface area contributed by atoms with Gasteiger partial charge in [0, 0.05) is 13.5 Å². The molecule has 1 aromatic carbocycles. The molecule has 3 nitrogen and oxygen atoms in total. The summed E-state index contributed by atoms with van der Waals surface area (Å²) in [6, 6.07) is 10.2. The van der Waals surface area contributed by atoms with E-state index in [-0.39, 0.29) is 6.61 Å². The summed E-state index contributed by atoms with van der Waals surface area (Å²) < 4.78 is 5.07. The molecule has 0 spiro atoms. The maximum Gasteiger partial charge on any atom is 0.0976 e. The van der Waals surface area contributed by atoms with E-state index in [1.54, 1.807) is 18.4 Å². The first-order valence-corrected chi connectivity index (χ1v) is 6.26. The normalized spacial score (nSPS) is 10.7. The average molecular weight is 249 g/mol. The monoisotopic (exact) mass is 249 g/mol. The smallest absolute Gasteiger partial charge is 0.0976 e. The predicted molar refractivity (Wildman–Crippen MR) is 68.0 cm³/mol. The molecule has 2 rings (SSSR count). The van der Waals surface area contributed by atoms with Gasteiger partial charge in [0.2, 0.25) is 0 Å².